The first-order valence-corrected chi connectivity index (χ1v) is 6.07. The molecule has 5 heteroatoms. The normalized spacial score (nSPS) is 9.90. The van der Waals surface area contributed by atoms with Crippen LogP contribution in [0.15, 0.2) is 42.5 Å². The Kier molecular flexibility index (Phi) is 4.10. The quantitative estimate of drug-likeness (QED) is 0.838. The van der Waals surface area contributed by atoms with E-state index in [1.807, 2.05) is 12.1 Å². The molecule has 2 aromatic rings. The molecule has 0 aromatic heterocycles. The van der Waals surface area contributed by atoms with Crippen LogP contribution in [0.4, 0.5) is 5.69 Å². The molecule has 0 bridgehead atoms. The van der Waals surface area contributed by atoms with Crippen LogP contribution in [0, 0.1) is 0 Å². The van der Waals surface area contributed by atoms with Gasteiger partial charge in [-0.3, -0.25) is 4.79 Å². The minimum atomic E-state index is -0.190. The number of nitrogens with one attached hydrogen (secondary N) is 1. The number of rotatable bonds is 4. The summed E-state index contributed by atoms with van der Waals surface area (Å²) < 4.78 is 10.8. The smallest absolute Gasteiger partial charge is 0.251 e. The number of anilines is 1. The number of nitrogen functional groups attached to an aromatic ring is 1. The van der Waals surface area contributed by atoms with Crippen molar-refractivity contribution in [3.63, 3.8) is 0 Å². The Bertz CT molecular complexity index is 626. The van der Waals surface area contributed by atoms with E-state index in [9.17, 15) is 4.79 Å². The Labute approximate surface area is 117 Å². The molecule has 0 heterocycles. The molecule has 2 rings (SSSR count). The lowest BCUT2D eigenvalue weighted by Crippen LogP contribution is -2.17. The molecule has 1 amide bonds. The third-order valence-corrected chi connectivity index (χ3v) is 2.77. The Morgan fingerprint density at radius 3 is 2.55 bits per heavy atom. The molecule has 3 N–H and O–H groups in total. The van der Waals surface area contributed by atoms with E-state index in [4.69, 9.17) is 15.2 Å². The van der Waals surface area contributed by atoms with Crippen LogP contribution in [-0.2, 0) is 0 Å². The molecule has 0 unspecified atom stereocenters. The van der Waals surface area contributed by atoms with Gasteiger partial charge in [0.25, 0.3) is 5.91 Å². The molecular weight excluding hydrogens is 256 g/mol. The highest BCUT2D eigenvalue weighted by atomic mass is 16.5. The number of amides is 1. The molecule has 0 aliphatic rings. The first-order chi connectivity index (χ1) is 9.63. The molecule has 5 nitrogen and oxygen atoms in total. The lowest BCUT2D eigenvalue weighted by atomic mass is 10.2. The van der Waals surface area contributed by atoms with Crippen LogP contribution in [0.1, 0.15) is 10.4 Å². The monoisotopic (exact) mass is 272 g/mol. The molecule has 0 radical (unpaired) electrons. The maximum atomic E-state index is 11.5. The zero-order chi connectivity index (χ0) is 14.5. The van der Waals surface area contributed by atoms with Crippen molar-refractivity contribution in [3.8, 4) is 17.2 Å². The van der Waals surface area contributed by atoms with E-state index in [-0.39, 0.29) is 5.91 Å². The molecule has 0 aliphatic heterocycles. The minimum Gasteiger partial charge on any atom is -0.497 e. The Balaban J connectivity index is 2.23. The topological polar surface area (TPSA) is 73.6 Å². The average molecular weight is 272 g/mol. The molecule has 104 valence electrons. The van der Waals surface area contributed by atoms with Crippen molar-refractivity contribution in [1.82, 2.24) is 5.32 Å². The van der Waals surface area contributed by atoms with Gasteiger partial charge in [-0.25, -0.2) is 0 Å². The maximum Gasteiger partial charge on any atom is 0.251 e. The summed E-state index contributed by atoms with van der Waals surface area (Å²) in [5, 5.41) is 2.54. The molecule has 0 atom stereocenters. The zero-order valence-electron chi connectivity index (χ0n) is 11.3. The van der Waals surface area contributed by atoms with Crippen LogP contribution in [0.3, 0.4) is 0 Å². The number of carbonyl (C=O) groups is 1. The summed E-state index contributed by atoms with van der Waals surface area (Å²) in [6.45, 7) is 0. The van der Waals surface area contributed by atoms with Gasteiger partial charge in [-0.05, 0) is 30.3 Å². The predicted molar refractivity (Wildman–Crippen MR) is 77.3 cm³/mol. The molecular formula is C15H16N2O3. The summed E-state index contributed by atoms with van der Waals surface area (Å²) in [6, 6.07) is 12.1. The molecule has 2 aromatic carbocycles. The van der Waals surface area contributed by atoms with Crippen molar-refractivity contribution in [2.75, 3.05) is 19.9 Å². The number of methoxy groups -OCH3 is 1. The van der Waals surface area contributed by atoms with Crippen LogP contribution >= 0.6 is 0 Å². The molecule has 20 heavy (non-hydrogen) atoms. The maximum absolute atomic E-state index is 11.5. The summed E-state index contributed by atoms with van der Waals surface area (Å²) in [6.07, 6.45) is 0. The number of ether oxygens (including phenoxy) is 2. The fraction of sp³-hybridized carbons (Fsp3) is 0.133. The number of hydrogen-bond acceptors (Lipinski definition) is 4. The highest BCUT2D eigenvalue weighted by molar-refractivity contribution is 5.95. The van der Waals surface area contributed by atoms with Gasteiger partial charge in [0.2, 0.25) is 0 Å². The van der Waals surface area contributed by atoms with Crippen molar-refractivity contribution in [2.24, 2.45) is 0 Å². The predicted octanol–water partition coefficient (Wildman–Crippen LogP) is 2.43. The van der Waals surface area contributed by atoms with E-state index < -0.39 is 0 Å². The van der Waals surface area contributed by atoms with Gasteiger partial charge in [-0.1, -0.05) is 6.07 Å². The van der Waals surface area contributed by atoms with E-state index in [0.717, 1.165) is 0 Å². The first kappa shape index (κ1) is 13.7. The van der Waals surface area contributed by atoms with Gasteiger partial charge in [0.05, 0.1) is 12.8 Å². The average Bonchev–Trinajstić information content (AvgIpc) is 2.48. The van der Waals surface area contributed by atoms with Crippen molar-refractivity contribution in [1.29, 1.82) is 0 Å². The Hall–Kier alpha value is -2.69. The van der Waals surface area contributed by atoms with Gasteiger partial charge in [-0.15, -0.1) is 0 Å². The third kappa shape index (κ3) is 3.00. The van der Waals surface area contributed by atoms with Crippen molar-refractivity contribution < 1.29 is 14.3 Å². The van der Waals surface area contributed by atoms with Gasteiger partial charge < -0.3 is 20.5 Å². The fourth-order valence-electron chi connectivity index (χ4n) is 1.72. The highest BCUT2D eigenvalue weighted by Gasteiger charge is 2.08. The van der Waals surface area contributed by atoms with E-state index >= 15 is 0 Å². The second-order valence-corrected chi connectivity index (χ2v) is 4.11. The van der Waals surface area contributed by atoms with Crippen LogP contribution in [-0.4, -0.2) is 20.1 Å². The van der Waals surface area contributed by atoms with E-state index in [2.05, 4.69) is 5.32 Å². The van der Waals surface area contributed by atoms with E-state index in [1.54, 1.807) is 44.5 Å². The van der Waals surface area contributed by atoms with Gasteiger partial charge in [0.15, 0.2) is 0 Å². The van der Waals surface area contributed by atoms with Crippen LogP contribution < -0.4 is 20.5 Å². The summed E-state index contributed by atoms with van der Waals surface area (Å²) in [5.41, 5.74) is 6.78. The van der Waals surface area contributed by atoms with Gasteiger partial charge in [0, 0.05) is 18.7 Å². The molecule has 0 fully saturated rings. The van der Waals surface area contributed by atoms with Crippen molar-refractivity contribution >= 4 is 11.6 Å². The number of nitrogens with two attached hydrogens (primary N) is 1. The largest absolute Gasteiger partial charge is 0.497 e. The number of carbonyl (C=O) groups excluding carboxylic acids is 1. The summed E-state index contributed by atoms with van der Waals surface area (Å²) in [5.74, 6) is 1.61. The first-order valence-electron chi connectivity index (χ1n) is 6.07. The van der Waals surface area contributed by atoms with Crippen LogP contribution in [0.2, 0.25) is 0 Å². The third-order valence-electron chi connectivity index (χ3n) is 2.77. The lowest BCUT2D eigenvalue weighted by Gasteiger charge is -2.10. The number of benzene rings is 2. The minimum absolute atomic E-state index is 0.190. The van der Waals surface area contributed by atoms with Gasteiger partial charge in [0.1, 0.15) is 17.2 Å². The Morgan fingerprint density at radius 1 is 1.15 bits per heavy atom. The highest BCUT2D eigenvalue weighted by Crippen LogP contribution is 2.30. The fourth-order valence-corrected chi connectivity index (χ4v) is 1.72. The summed E-state index contributed by atoms with van der Waals surface area (Å²) >= 11 is 0. The summed E-state index contributed by atoms with van der Waals surface area (Å²) in [4.78, 5) is 11.5. The van der Waals surface area contributed by atoms with Crippen molar-refractivity contribution in [2.45, 2.75) is 0 Å². The van der Waals surface area contributed by atoms with Crippen LogP contribution in [0.25, 0.3) is 0 Å². The Morgan fingerprint density at radius 2 is 1.90 bits per heavy atom. The van der Waals surface area contributed by atoms with Gasteiger partial charge >= 0.3 is 0 Å². The van der Waals surface area contributed by atoms with Crippen molar-refractivity contribution in [3.05, 3.63) is 48.0 Å². The lowest BCUT2D eigenvalue weighted by molar-refractivity contribution is 0.0963. The van der Waals surface area contributed by atoms with E-state index in [1.165, 1.54) is 0 Å². The molecule has 0 saturated heterocycles. The second kappa shape index (κ2) is 5.97. The van der Waals surface area contributed by atoms with Crippen LogP contribution in [0.5, 0.6) is 17.2 Å². The molecule has 0 spiro atoms. The van der Waals surface area contributed by atoms with E-state index in [0.29, 0.717) is 28.5 Å². The SMILES string of the molecule is CNC(=O)c1ccc(Oc2cccc(OC)c2)c(N)c1. The zero-order valence-corrected chi connectivity index (χ0v) is 11.3. The van der Waals surface area contributed by atoms with Gasteiger partial charge in [-0.2, -0.15) is 0 Å². The molecule has 0 aliphatic carbocycles. The standard InChI is InChI=1S/C15H16N2O3/c1-17-15(18)10-6-7-14(13(16)8-10)20-12-5-3-4-11(9-12)19-2/h3-9H,16H2,1-2H3,(H,17,18). The molecule has 0 saturated carbocycles. The second-order valence-electron chi connectivity index (χ2n) is 4.11. The summed E-state index contributed by atoms with van der Waals surface area (Å²) in [7, 11) is 3.16. The number of hydrogen-bond donors (Lipinski definition) is 2.